The Balaban J connectivity index is 0.00000243. The first-order valence-corrected chi connectivity index (χ1v) is 9.02. The summed E-state index contributed by atoms with van der Waals surface area (Å²) >= 11 is 13.5. The van der Waals surface area contributed by atoms with Crippen LogP contribution >= 0.6 is 51.5 Å². The van der Waals surface area contributed by atoms with Crippen LogP contribution in [0.25, 0.3) is 5.00 Å². The molecule has 0 unspecified atom stereocenters. The first-order valence-electron chi connectivity index (χ1n) is 7.45. The van der Waals surface area contributed by atoms with Gasteiger partial charge in [-0.15, -0.1) is 17.0 Å². The summed E-state index contributed by atoms with van der Waals surface area (Å²) < 4.78 is 1.71. The maximum absolute atomic E-state index is 6.13. The van der Waals surface area contributed by atoms with Crippen molar-refractivity contribution in [2.45, 2.75) is 26.2 Å². The zero-order chi connectivity index (χ0) is 18.0. The third kappa shape index (κ3) is 4.82. The molecule has 2 aromatic heterocycles. The van der Waals surface area contributed by atoms with E-state index in [1.165, 1.54) is 17.7 Å². The lowest BCUT2D eigenvalue weighted by atomic mass is 9.92. The zero-order valence-corrected chi connectivity index (χ0v) is 18.3. The van der Waals surface area contributed by atoms with Crippen LogP contribution in [0.3, 0.4) is 0 Å². The predicted molar refractivity (Wildman–Crippen MR) is 114 cm³/mol. The van der Waals surface area contributed by atoms with Gasteiger partial charge >= 0.3 is 0 Å². The SMILES string of the molecule is Br.CC(C)(C)c1nc(N/N=C/c2ccc(Cl)cc2Cl)sc1-n1cncn1. The van der Waals surface area contributed by atoms with E-state index in [1.54, 1.807) is 35.4 Å². The number of anilines is 1. The van der Waals surface area contributed by atoms with E-state index in [2.05, 4.69) is 46.4 Å². The molecule has 10 heteroatoms. The lowest BCUT2D eigenvalue weighted by molar-refractivity contribution is 0.567. The summed E-state index contributed by atoms with van der Waals surface area (Å²) in [6.45, 7) is 6.30. The number of nitrogens with zero attached hydrogens (tertiary/aromatic N) is 5. The summed E-state index contributed by atoms with van der Waals surface area (Å²) in [5, 5.41) is 11.1. The minimum atomic E-state index is -0.138. The Hall–Kier alpha value is -1.48. The minimum absolute atomic E-state index is 0. The molecule has 1 aromatic carbocycles. The van der Waals surface area contributed by atoms with Gasteiger partial charge in [-0.2, -0.15) is 10.2 Å². The lowest BCUT2D eigenvalue weighted by Crippen LogP contribution is -2.15. The molecule has 26 heavy (non-hydrogen) atoms. The lowest BCUT2D eigenvalue weighted by Gasteiger charge is -2.16. The van der Waals surface area contributed by atoms with E-state index < -0.39 is 0 Å². The molecule has 0 saturated carbocycles. The van der Waals surface area contributed by atoms with Crippen molar-refractivity contribution in [1.82, 2.24) is 19.7 Å². The normalized spacial score (nSPS) is 11.6. The number of hydrogen-bond acceptors (Lipinski definition) is 6. The minimum Gasteiger partial charge on any atom is -0.253 e. The first-order chi connectivity index (χ1) is 11.8. The van der Waals surface area contributed by atoms with Crippen molar-refractivity contribution in [3.63, 3.8) is 0 Å². The van der Waals surface area contributed by atoms with Crippen LogP contribution in [0.15, 0.2) is 36.0 Å². The molecule has 0 amide bonds. The van der Waals surface area contributed by atoms with Gasteiger partial charge in [-0.25, -0.2) is 14.6 Å². The van der Waals surface area contributed by atoms with Gasteiger partial charge in [-0.3, -0.25) is 5.43 Å². The highest BCUT2D eigenvalue weighted by Gasteiger charge is 2.24. The van der Waals surface area contributed by atoms with Crippen LogP contribution < -0.4 is 5.43 Å². The third-order valence-corrected chi connectivity index (χ3v) is 4.78. The molecule has 3 rings (SSSR count). The van der Waals surface area contributed by atoms with Crippen LogP contribution in [0.2, 0.25) is 10.0 Å². The van der Waals surface area contributed by atoms with Gasteiger partial charge in [-0.05, 0) is 12.1 Å². The van der Waals surface area contributed by atoms with Crippen LogP contribution in [0.4, 0.5) is 5.13 Å². The predicted octanol–water partition coefficient (Wildman–Crippen LogP) is 5.35. The van der Waals surface area contributed by atoms with Gasteiger partial charge in [-0.1, -0.05) is 61.4 Å². The topological polar surface area (TPSA) is 68.0 Å². The fourth-order valence-electron chi connectivity index (χ4n) is 2.08. The van der Waals surface area contributed by atoms with E-state index in [-0.39, 0.29) is 22.4 Å². The summed E-state index contributed by atoms with van der Waals surface area (Å²) in [6, 6.07) is 5.24. The molecular weight excluding hydrogens is 459 g/mol. The Morgan fingerprint density at radius 1 is 1.27 bits per heavy atom. The maximum Gasteiger partial charge on any atom is 0.205 e. The molecule has 0 aliphatic carbocycles. The number of benzene rings is 1. The van der Waals surface area contributed by atoms with Gasteiger partial charge in [0.05, 0.1) is 16.9 Å². The van der Waals surface area contributed by atoms with E-state index in [1.807, 2.05) is 0 Å². The molecule has 0 saturated heterocycles. The average Bonchev–Trinajstić information content (AvgIpc) is 3.17. The molecular formula is C16H17BrCl2N6S. The number of hydrazone groups is 1. The molecule has 0 atom stereocenters. The molecule has 0 spiro atoms. The smallest absolute Gasteiger partial charge is 0.205 e. The zero-order valence-electron chi connectivity index (χ0n) is 14.3. The molecule has 3 aromatic rings. The van der Waals surface area contributed by atoms with Crippen molar-refractivity contribution < 1.29 is 0 Å². The highest BCUT2D eigenvalue weighted by Crippen LogP contribution is 2.34. The fourth-order valence-corrected chi connectivity index (χ4v) is 3.59. The molecule has 0 bridgehead atoms. The van der Waals surface area contributed by atoms with Crippen molar-refractivity contribution >= 4 is 62.9 Å². The van der Waals surface area contributed by atoms with Crippen molar-refractivity contribution in [3.8, 4) is 5.00 Å². The molecule has 0 aliphatic heterocycles. The summed E-state index contributed by atoms with van der Waals surface area (Å²) in [7, 11) is 0. The highest BCUT2D eigenvalue weighted by molar-refractivity contribution is 8.93. The summed E-state index contributed by atoms with van der Waals surface area (Å²) in [4.78, 5) is 8.66. The van der Waals surface area contributed by atoms with Crippen molar-refractivity contribution in [2.24, 2.45) is 5.10 Å². The second-order valence-corrected chi connectivity index (χ2v) is 8.12. The van der Waals surface area contributed by atoms with E-state index >= 15 is 0 Å². The largest absolute Gasteiger partial charge is 0.253 e. The van der Waals surface area contributed by atoms with Crippen LogP contribution in [-0.4, -0.2) is 26.0 Å². The fraction of sp³-hybridized carbons (Fsp3) is 0.250. The summed E-state index contributed by atoms with van der Waals surface area (Å²) in [6.07, 6.45) is 4.79. The van der Waals surface area contributed by atoms with Crippen molar-refractivity contribution in [2.75, 3.05) is 5.43 Å². The second kappa shape index (κ2) is 8.47. The van der Waals surface area contributed by atoms with Crippen LogP contribution in [0, 0.1) is 0 Å². The van der Waals surface area contributed by atoms with Crippen LogP contribution in [0.5, 0.6) is 0 Å². The Kier molecular flexibility index (Phi) is 6.79. The van der Waals surface area contributed by atoms with Gasteiger partial charge in [0.25, 0.3) is 0 Å². The molecule has 138 valence electrons. The highest BCUT2D eigenvalue weighted by atomic mass is 79.9. The van der Waals surface area contributed by atoms with E-state index in [0.29, 0.717) is 15.2 Å². The molecule has 6 nitrogen and oxygen atoms in total. The average molecular weight is 476 g/mol. The maximum atomic E-state index is 6.13. The van der Waals surface area contributed by atoms with Gasteiger partial charge < -0.3 is 0 Å². The van der Waals surface area contributed by atoms with Gasteiger partial charge in [0.2, 0.25) is 5.13 Å². The molecule has 0 aliphatic rings. The Labute approximate surface area is 176 Å². The van der Waals surface area contributed by atoms with E-state index in [9.17, 15) is 0 Å². The molecule has 2 heterocycles. The van der Waals surface area contributed by atoms with Crippen LogP contribution in [-0.2, 0) is 5.41 Å². The molecule has 1 N–H and O–H groups in total. The Morgan fingerprint density at radius 2 is 2.04 bits per heavy atom. The molecule has 0 fully saturated rings. The first kappa shape index (κ1) is 20.8. The van der Waals surface area contributed by atoms with Crippen molar-refractivity contribution in [3.05, 3.63) is 52.2 Å². The number of aromatic nitrogens is 4. The summed E-state index contributed by atoms with van der Waals surface area (Å²) in [5.41, 5.74) is 4.50. The van der Waals surface area contributed by atoms with Crippen molar-refractivity contribution in [1.29, 1.82) is 0 Å². The molecule has 0 radical (unpaired) electrons. The number of thiazole rings is 1. The monoisotopic (exact) mass is 474 g/mol. The van der Waals surface area contributed by atoms with Crippen LogP contribution in [0.1, 0.15) is 32.0 Å². The number of halogens is 3. The van der Waals surface area contributed by atoms with Gasteiger partial charge in [0.15, 0.2) is 0 Å². The number of nitrogens with one attached hydrogen (secondary N) is 1. The van der Waals surface area contributed by atoms with E-state index in [4.69, 9.17) is 23.2 Å². The van der Waals surface area contributed by atoms with E-state index in [0.717, 1.165) is 16.3 Å². The number of hydrogen-bond donors (Lipinski definition) is 1. The standard InChI is InChI=1S/C16H16Cl2N6S.BrH/c1-16(2,3)13-14(24-9-19-8-21-24)25-15(22-13)23-20-7-10-4-5-11(17)6-12(10)18;/h4-9H,1-3H3,(H,22,23);1H/b20-7+;. The second-order valence-electron chi connectivity index (χ2n) is 6.30. The Bertz CT molecular complexity index is 902. The van der Waals surface area contributed by atoms with Gasteiger partial charge in [0.1, 0.15) is 17.7 Å². The third-order valence-electron chi connectivity index (χ3n) is 3.27. The summed E-state index contributed by atoms with van der Waals surface area (Å²) in [5.74, 6) is 0. The van der Waals surface area contributed by atoms with Gasteiger partial charge in [0, 0.05) is 16.0 Å². The quantitative estimate of drug-likeness (QED) is 0.407. The Morgan fingerprint density at radius 3 is 2.65 bits per heavy atom. The number of rotatable bonds is 4.